The average Bonchev–Trinajstić information content (AvgIpc) is 3.18. The lowest BCUT2D eigenvalue weighted by atomic mass is 9.93. The number of carbonyl (C=O) groups excluding carboxylic acids is 1. The van der Waals surface area contributed by atoms with Crippen LogP contribution in [0.5, 0.6) is 0 Å². The third-order valence-electron chi connectivity index (χ3n) is 5.79. The van der Waals surface area contributed by atoms with E-state index in [1.165, 1.54) is 25.7 Å². The van der Waals surface area contributed by atoms with Crippen LogP contribution in [-0.4, -0.2) is 47.9 Å². The Morgan fingerprint density at radius 1 is 0.952 bits per heavy atom. The lowest BCUT2D eigenvalue weighted by Crippen LogP contribution is -2.53. The highest BCUT2D eigenvalue weighted by atomic mass is 16.2. The largest absolute Gasteiger partial charge is 0.336 e. The van der Waals surface area contributed by atoms with Crippen LogP contribution in [0.1, 0.15) is 36.0 Å². The van der Waals surface area contributed by atoms with Crippen LogP contribution in [0, 0.1) is 11.8 Å². The summed E-state index contributed by atoms with van der Waals surface area (Å²) in [6.45, 7) is 3.90. The Labute approximate surface area is 126 Å². The molecule has 0 aromatic heterocycles. The van der Waals surface area contributed by atoms with Gasteiger partial charge in [0, 0.05) is 37.8 Å². The molecular weight excluding hydrogens is 260 g/mol. The predicted molar refractivity (Wildman–Crippen MR) is 83.2 cm³/mol. The molecule has 3 nitrogen and oxygen atoms in total. The van der Waals surface area contributed by atoms with Gasteiger partial charge in [-0.25, -0.2) is 0 Å². The van der Waals surface area contributed by atoms with E-state index in [1.54, 1.807) is 0 Å². The van der Waals surface area contributed by atoms with Crippen molar-refractivity contribution in [1.29, 1.82) is 0 Å². The smallest absolute Gasteiger partial charge is 0.253 e. The van der Waals surface area contributed by atoms with Crippen molar-refractivity contribution in [3.8, 4) is 0 Å². The molecule has 3 heteroatoms. The topological polar surface area (TPSA) is 23.6 Å². The van der Waals surface area contributed by atoms with Crippen molar-refractivity contribution in [2.45, 2.75) is 31.7 Å². The van der Waals surface area contributed by atoms with Gasteiger partial charge >= 0.3 is 0 Å². The molecule has 2 bridgehead atoms. The molecule has 1 aromatic rings. The lowest BCUT2D eigenvalue weighted by molar-refractivity contribution is 0.0496. The van der Waals surface area contributed by atoms with Crippen molar-refractivity contribution >= 4 is 5.91 Å². The van der Waals surface area contributed by atoms with Gasteiger partial charge in [0.1, 0.15) is 0 Å². The molecule has 0 unspecified atom stereocenters. The van der Waals surface area contributed by atoms with Gasteiger partial charge in [-0.05, 0) is 43.2 Å². The lowest BCUT2D eigenvalue weighted by Gasteiger charge is -2.41. The Morgan fingerprint density at radius 2 is 1.71 bits per heavy atom. The normalized spacial score (nSPS) is 32.6. The van der Waals surface area contributed by atoms with Gasteiger partial charge in [0.2, 0.25) is 0 Å². The zero-order valence-corrected chi connectivity index (χ0v) is 12.6. The second-order valence-electron chi connectivity index (χ2n) is 6.94. The molecule has 1 aliphatic heterocycles. The first-order valence-electron chi connectivity index (χ1n) is 8.39. The average molecular weight is 284 g/mol. The molecule has 0 spiro atoms. The molecule has 1 saturated heterocycles. The Morgan fingerprint density at radius 3 is 2.33 bits per heavy atom. The maximum atomic E-state index is 12.5. The minimum atomic E-state index is 0.197. The molecule has 3 atom stereocenters. The van der Waals surface area contributed by atoms with E-state index in [2.05, 4.69) is 4.90 Å². The molecule has 112 valence electrons. The van der Waals surface area contributed by atoms with Gasteiger partial charge in [0.05, 0.1) is 0 Å². The van der Waals surface area contributed by atoms with Gasteiger partial charge < -0.3 is 4.90 Å². The van der Waals surface area contributed by atoms with E-state index in [4.69, 9.17) is 0 Å². The number of amides is 1. The standard InChI is InChI=1S/C18H24N2O/c21-18(15-4-2-1-3-5-15)20-10-8-19(9-11-20)17-13-14-6-7-16(17)12-14/h1-5,14,16-17H,6-13H2/t14-,16+,17+/m0/s1. The monoisotopic (exact) mass is 284 g/mol. The number of nitrogens with zero attached hydrogens (tertiary/aromatic N) is 2. The van der Waals surface area contributed by atoms with E-state index in [1.807, 2.05) is 35.2 Å². The molecule has 1 amide bonds. The van der Waals surface area contributed by atoms with Crippen LogP contribution in [0.3, 0.4) is 0 Å². The molecule has 21 heavy (non-hydrogen) atoms. The highest BCUT2D eigenvalue weighted by molar-refractivity contribution is 5.94. The fraction of sp³-hybridized carbons (Fsp3) is 0.611. The molecule has 0 N–H and O–H groups in total. The number of carbonyl (C=O) groups is 1. The number of hydrogen-bond donors (Lipinski definition) is 0. The molecule has 1 heterocycles. The van der Waals surface area contributed by atoms with E-state index in [9.17, 15) is 4.79 Å². The maximum Gasteiger partial charge on any atom is 0.253 e. The van der Waals surface area contributed by atoms with E-state index >= 15 is 0 Å². The quantitative estimate of drug-likeness (QED) is 0.833. The summed E-state index contributed by atoms with van der Waals surface area (Å²) >= 11 is 0. The summed E-state index contributed by atoms with van der Waals surface area (Å²) in [4.78, 5) is 17.2. The van der Waals surface area contributed by atoms with Crippen LogP contribution in [0.15, 0.2) is 30.3 Å². The minimum absolute atomic E-state index is 0.197. The van der Waals surface area contributed by atoms with Crippen molar-refractivity contribution < 1.29 is 4.79 Å². The number of piperazine rings is 1. The highest BCUT2D eigenvalue weighted by Crippen LogP contribution is 2.46. The Hall–Kier alpha value is -1.35. The molecule has 0 radical (unpaired) electrons. The second-order valence-corrected chi connectivity index (χ2v) is 6.94. The zero-order valence-electron chi connectivity index (χ0n) is 12.6. The van der Waals surface area contributed by atoms with Gasteiger partial charge in [-0.1, -0.05) is 24.6 Å². The van der Waals surface area contributed by atoms with Crippen LogP contribution < -0.4 is 0 Å². The molecular formula is C18H24N2O. The molecule has 1 aromatic carbocycles. The van der Waals surface area contributed by atoms with Gasteiger partial charge in [0.25, 0.3) is 5.91 Å². The number of hydrogen-bond acceptors (Lipinski definition) is 2. The van der Waals surface area contributed by atoms with Gasteiger partial charge in [0.15, 0.2) is 0 Å². The molecule has 2 saturated carbocycles. The summed E-state index contributed by atoms with van der Waals surface area (Å²) < 4.78 is 0. The fourth-order valence-corrected chi connectivity index (χ4v) is 4.68. The number of benzene rings is 1. The first kappa shape index (κ1) is 13.3. The highest BCUT2D eigenvalue weighted by Gasteiger charge is 2.42. The molecule has 4 rings (SSSR count). The summed E-state index contributed by atoms with van der Waals surface area (Å²) in [6, 6.07) is 10.5. The van der Waals surface area contributed by atoms with Crippen LogP contribution >= 0.6 is 0 Å². The van der Waals surface area contributed by atoms with E-state index in [0.29, 0.717) is 0 Å². The zero-order chi connectivity index (χ0) is 14.2. The number of rotatable bonds is 2. The number of fused-ring (bicyclic) bond motifs is 2. The Balaban J connectivity index is 1.36. The molecule has 2 aliphatic carbocycles. The van der Waals surface area contributed by atoms with Crippen LogP contribution in [0.4, 0.5) is 0 Å². The summed E-state index contributed by atoms with van der Waals surface area (Å²) in [5.74, 6) is 2.15. The summed E-state index contributed by atoms with van der Waals surface area (Å²) in [5, 5.41) is 0. The van der Waals surface area contributed by atoms with Gasteiger partial charge in [-0.15, -0.1) is 0 Å². The molecule has 3 fully saturated rings. The Kier molecular flexibility index (Phi) is 3.46. The maximum absolute atomic E-state index is 12.5. The SMILES string of the molecule is O=C(c1ccccc1)N1CCN([C@@H]2C[C@H]3CC[C@@H]2C3)CC1. The van der Waals surface area contributed by atoms with Crippen LogP contribution in [0.2, 0.25) is 0 Å². The van der Waals surface area contributed by atoms with Crippen molar-refractivity contribution in [3.63, 3.8) is 0 Å². The van der Waals surface area contributed by atoms with Crippen molar-refractivity contribution in [2.24, 2.45) is 11.8 Å². The van der Waals surface area contributed by atoms with E-state index < -0.39 is 0 Å². The first-order chi connectivity index (χ1) is 10.3. The summed E-state index contributed by atoms with van der Waals surface area (Å²) in [7, 11) is 0. The first-order valence-corrected chi connectivity index (χ1v) is 8.39. The third-order valence-corrected chi connectivity index (χ3v) is 5.79. The second kappa shape index (κ2) is 5.45. The third kappa shape index (κ3) is 2.48. The van der Waals surface area contributed by atoms with E-state index in [-0.39, 0.29) is 5.91 Å². The van der Waals surface area contributed by atoms with Crippen molar-refractivity contribution in [2.75, 3.05) is 26.2 Å². The Bertz CT molecular complexity index is 507. The summed E-state index contributed by atoms with van der Waals surface area (Å²) in [5.41, 5.74) is 0.825. The van der Waals surface area contributed by atoms with Crippen LogP contribution in [0.25, 0.3) is 0 Å². The predicted octanol–water partition coefficient (Wildman–Crippen LogP) is 2.63. The van der Waals surface area contributed by atoms with Gasteiger partial charge in [-0.3, -0.25) is 9.69 Å². The van der Waals surface area contributed by atoms with Crippen LogP contribution in [-0.2, 0) is 0 Å². The fourth-order valence-electron chi connectivity index (χ4n) is 4.68. The van der Waals surface area contributed by atoms with Crippen molar-refractivity contribution in [3.05, 3.63) is 35.9 Å². The van der Waals surface area contributed by atoms with Crippen molar-refractivity contribution in [1.82, 2.24) is 9.80 Å². The molecule has 3 aliphatic rings. The minimum Gasteiger partial charge on any atom is -0.336 e. The van der Waals surface area contributed by atoms with Gasteiger partial charge in [-0.2, -0.15) is 0 Å². The van der Waals surface area contributed by atoms with E-state index in [0.717, 1.165) is 49.6 Å². The summed E-state index contributed by atoms with van der Waals surface area (Å²) in [6.07, 6.45) is 5.79.